The maximum absolute atomic E-state index is 11.3. The van der Waals surface area contributed by atoms with E-state index in [4.69, 9.17) is 5.84 Å². The van der Waals surface area contributed by atoms with Crippen molar-refractivity contribution in [2.24, 2.45) is 5.84 Å². The van der Waals surface area contributed by atoms with Crippen LogP contribution in [0.5, 0.6) is 0 Å². The molecule has 0 aromatic heterocycles. The van der Waals surface area contributed by atoms with Crippen molar-refractivity contribution in [1.82, 2.24) is 5.43 Å². The highest BCUT2D eigenvalue weighted by Crippen LogP contribution is 2.34. The van der Waals surface area contributed by atoms with Gasteiger partial charge in [0.25, 0.3) is 0 Å². The molecule has 1 aromatic carbocycles. The summed E-state index contributed by atoms with van der Waals surface area (Å²) in [4.78, 5) is 22.2. The lowest BCUT2D eigenvalue weighted by Crippen LogP contribution is -2.39. The third-order valence-electron chi connectivity index (χ3n) is 1.58. The van der Waals surface area contributed by atoms with Crippen molar-refractivity contribution >= 4 is 65.3 Å². The van der Waals surface area contributed by atoms with Crippen LogP contribution in [0.15, 0.2) is 25.6 Å². The molecule has 0 aliphatic rings. The molecule has 0 aliphatic heterocycles. The van der Waals surface area contributed by atoms with Gasteiger partial charge >= 0.3 is 11.8 Å². The van der Waals surface area contributed by atoms with Gasteiger partial charge < -0.3 is 5.32 Å². The second-order valence-electron chi connectivity index (χ2n) is 2.67. The molecule has 0 unspecified atom stereocenters. The van der Waals surface area contributed by atoms with Crippen LogP contribution in [0.4, 0.5) is 5.69 Å². The standard InChI is InChI=1S/C8H6Br3N3O2/c9-3-1-4(10)6(5(11)2-3)13-7(15)8(16)14-12/h1-2H,12H2,(H,13,15)(H,14,16). The number of hydrogen-bond acceptors (Lipinski definition) is 3. The Morgan fingerprint density at radius 2 is 1.56 bits per heavy atom. The first-order chi connectivity index (χ1) is 7.45. The number of hydrogen-bond donors (Lipinski definition) is 3. The molecule has 0 saturated heterocycles. The summed E-state index contributed by atoms with van der Waals surface area (Å²) in [5.74, 6) is 3.08. The number of rotatable bonds is 1. The molecule has 0 heterocycles. The molecule has 1 rings (SSSR count). The van der Waals surface area contributed by atoms with Crippen molar-refractivity contribution in [3.8, 4) is 0 Å². The number of halogens is 3. The molecule has 0 atom stereocenters. The van der Waals surface area contributed by atoms with Gasteiger partial charge in [0.05, 0.1) is 5.69 Å². The van der Waals surface area contributed by atoms with Gasteiger partial charge in [-0.05, 0) is 44.0 Å². The molecule has 8 heteroatoms. The summed E-state index contributed by atoms with van der Waals surface area (Å²) in [6.45, 7) is 0. The molecule has 0 radical (unpaired) electrons. The predicted molar refractivity (Wildman–Crippen MR) is 70.5 cm³/mol. The lowest BCUT2D eigenvalue weighted by Gasteiger charge is -2.09. The summed E-state index contributed by atoms with van der Waals surface area (Å²) < 4.78 is 2.09. The van der Waals surface area contributed by atoms with E-state index in [1.807, 2.05) is 0 Å². The van der Waals surface area contributed by atoms with Gasteiger partial charge in [-0.1, -0.05) is 15.9 Å². The summed E-state index contributed by atoms with van der Waals surface area (Å²) in [6, 6.07) is 3.47. The summed E-state index contributed by atoms with van der Waals surface area (Å²) in [5.41, 5.74) is 2.20. The molecular formula is C8H6Br3N3O2. The van der Waals surface area contributed by atoms with Crippen molar-refractivity contribution in [2.45, 2.75) is 0 Å². The fourth-order valence-corrected chi connectivity index (χ4v) is 3.35. The number of carbonyl (C=O) groups excluding carboxylic acids is 2. The lowest BCUT2D eigenvalue weighted by molar-refractivity contribution is -0.136. The zero-order valence-corrected chi connectivity index (χ0v) is 12.4. The van der Waals surface area contributed by atoms with Gasteiger partial charge in [-0.2, -0.15) is 0 Å². The maximum atomic E-state index is 11.3. The maximum Gasteiger partial charge on any atom is 0.323 e. The zero-order valence-electron chi connectivity index (χ0n) is 7.68. The molecule has 5 nitrogen and oxygen atoms in total. The number of anilines is 1. The van der Waals surface area contributed by atoms with E-state index in [9.17, 15) is 9.59 Å². The zero-order chi connectivity index (χ0) is 12.3. The van der Waals surface area contributed by atoms with Crippen molar-refractivity contribution in [2.75, 3.05) is 5.32 Å². The lowest BCUT2D eigenvalue weighted by atomic mass is 10.3. The molecule has 0 aliphatic carbocycles. The number of nitrogens with two attached hydrogens (primary N) is 1. The number of carbonyl (C=O) groups is 2. The Hall–Kier alpha value is -0.440. The van der Waals surface area contributed by atoms with Crippen LogP contribution in [0.2, 0.25) is 0 Å². The molecule has 0 spiro atoms. The van der Waals surface area contributed by atoms with Crippen LogP contribution in [-0.2, 0) is 9.59 Å². The number of benzene rings is 1. The molecule has 4 N–H and O–H groups in total. The van der Waals surface area contributed by atoms with E-state index in [2.05, 4.69) is 53.1 Å². The largest absolute Gasteiger partial charge is 0.323 e. The summed E-state index contributed by atoms with van der Waals surface area (Å²) in [6.07, 6.45) is 0. The van der Waals surface area contributed by atoms with Crippen molar-refractivity contribution in [3.05, 3.63) is 25.6 Å². The number of amides is 2. The van der Waals surface area contributed by atoms with Gasteiger partial charge in [0.2, 0.25) is 0 Å². The Balaban J connectivity index is 2.98. The van der Waals surface area contributed by atoms with Gasteiger partial charge in [0, 0.05) is 13.4 Å². The Morgan fingerprint density at radius 1 is 1.06 bits per heavy atom. The molecule has 0 fully saturated rings. The SMILES string of the molecule is NNC(=O)C(=O)Nc1c(Br)cc(Br)cc1Br. The van der Waals surface area contributed by atoms with Gasteiger partial charge in [-0.15, -0.1) is 0 Å². The van der Waals surface area contributed by atoms with E-state index in [1.54, 1.807) is 17.6 Å². The van der Waals surface area contributed by atoms with Crippen LogP contribution in [0.3, 0.4) is 0 Å². The minimum atomic E-state index is -0.915. The van der Waals surface area contributed by atoms with E-state index in [1.165, 1.54) is 0 Å². The normalized spacial score (nSPS) is 9.75. The number of hydrazine groups is 1. The smallest absolute Gasteiger partial charge is 0.316 e. The van der Waals surface area contributed by atoms with Crippen molar-refractivity contribution in [3.63, 3.8) is 0 Å². The van der Waals surface area contributed by atoms with E-state index in [0.717, 1.165) is 4.47 Å². The molecule has 0 saturated carbocycles. The Labute approximate surface area is 116 Å². The van der Waals surface area contributed by atoms with Crippen LogP contribution in [0, 0.1) is 0 Å². The van der Waals surface area contributed by atoms with Gasteiger partial charge in [-0.3, -0.25) is 15.0 Å². The fraction of sp³-hybridized carbons (Fsp3) is 0. The monoisotopic (exact) mass is 413 g/mol. The summed E-state index contributed by atoms with van der Waals surface area (Å²) >= 11 is 9.80. The van der Waals surface area contributed by atoms with E-state index in [-0.39, 0.29) is 0 Å². The molecule has 86 valence electrons. The number of nitrogens with one attached hydrogen (secondary N) is 2. The van der Waals surface area contributed by atoms with Gasteiger partial charge in [-0.25, -0.2) is 5.84 Å². The van der Waals surface area contributed by atoms with E-state index in [0.29, 0.717) is 14.6 Å². The first-order valence-electron chi connectivity index (χ1n) is 3.92. The van der Waals surface area contributed by atoms with Crippen LogP contribution in [-0.4, -0.2) is 11.8 Å². The molecular weight excluding hydrogens is 410 g/mol. The molecule has 0 bridgehead atoms. The van der Waals surface area contributed by atoms with E-state index < -0.39 is 11.8 Å². The minimum absolute atomic E-state index is 0.455. The van der Waals surface area contributed by atoms with Gasteiger partial charge in [0.15, 0.2) is 0 Å². The molecule has 1 aromatic rings. The third kappa shape index (κ3) is 3.27. The average molecular weight is 416 g/mol. The van der Waals surface area contributed by atoms with Crippen LogP contribution < -0.4 is 16.6 Å². The summed E-state index contributed by atoms with van der Waals surface area (Å²) in [7, 11) is 0. The molecule has 16 heavy (non-hydrogen) atoms. The van der Waals surface area contributed by atoms with E-state index >= 15 is 0 Å². The highest BCUT2D eigenvalue weighted by atomic mass is 79.9. The van der Waals surface area contributed by atoms with Crippen LogP contribution in [0.1, 0.15) is 0 Å². The Morgan fingerprint density at radius 3 is 2.00 bits per heavy atom. The third-order valence-corrected chi connectivity index (χ3v) is 3.29. The van der Waals surface area contributed by atoms with Gasteiger partial charge in [0.1, 0.15) is 0 Å². The highest BCUT2D eigenvalue weighted by molar-refractivity contribution is 9.11. The predicted octanol–water partition coefficient (Wildman–Crippen LogP) is 1.90. The second kappa shape index (κ2) is 5.76. The Kier molecular flexibility index (Phi) is 4.90. The first kappa shape index (κ1) is 13.6. The molecule has 2 amide bonds. The van der Waals surface area contributed by atoms with Crippen LogP contribution >= 0.6 is 47.8 Å². The quantitative estimate of drug-likeness (QED) is 0.283. The topological polar surface area (TPSA) is 84.2 Å². The van der Waals surface area contributed by atoms with Crippen molar-refractivity contribution in [1.29, 1.82) is 0 Å². The Bertz CT molecular complexity index is 427. The average Bonchev–Trinajstić information content (AvgIpc) is 2.21. The minimum Gasteiger partial charge on any atom is -0.316 e. The van der Waals surface area contributed by atoms with Crippen molar-refractivity contribution < 1.29 is 9.59 Å². The highest BCUT2D eigenvalue weighted by Gasteiger charge is 2.15. The second-order valence-corrected chi connectivity index (χ2v) is 5.30. The first-order valence-corrected chi connectivity index (χ1v) is 6.30. The summed E-state index contributed by atoms with van der Waals surface area (Å²) in [5, 5.41) is 2.41. The van der Waals surface area contributed by atoms with Crippen LogP contribution in [0.25, 0.3) is 0 Å². The fourth-order valence-electron chi connectivity index (χ4n) is 0.897.